The van der Waals surface area contributed by atoms with Crippen molar-refractivity contribution < 1.29 is 8.42 Å². The van der Waals surface area contributed by atoms with Crippen LogP contribution in [0, 0.1) is 0 Å². The molecule has 0 aliphatic rings. The van der Waals surface area contributed by atoms with E-state index in [0.29, 0.717) is 17.5 Å². The first-order valence-corrected chi connectivity index (χ1v) is 8.02. The van der Waals surface area contributed by atoms with Gasteiger partial charge in [-0.15, -0.1) is 0 Å². The summed E-state index contributed by atoms with van der Waals surface area (Å²) >= 11 is 6.01. The average molecular weight is 292 g/mol. The molecule has 1 aromatic heterocycles. The molecule has 0 unspecified atom stereocenters. The van der Waals surface area contributed by atoms with Crippen molar-refractivity contribution in [1.29, 1.82) is 0 Å². The maximum atomic E-state index is 11.4. The third kappa shape index (κ3) is 4.10. The zero-order chi connectivity index (χ0) is 13.8. The summed E-state index contributed by atoms with van der Waals surface area (Å²) in [6.45, 7) is 5.93. The molecule has 0 radical (unpaired) electrons. The van der Waals surface area contributed by atoms with E-state index in [0.717, 1.165) is 5.56 Å². The van der Waals surface area contributed by atoms with Gasteiger partial charge in [0.1, 0.15) is 17.3 Å². The summed E-state index contributed by atoms with van der Waals surface area (Å²) in [7, 11) is -2.97. The van der Waals surface area contributed by atoms with E-state index in [1.165, 1.54) is 6.33 Å². The van der Waals surface area contributed by atoms with E-state index in [4.69, 9.17) is 11.6 Å². The molecule has 1 N–H and O–H groups in total. The molecule has 1 rings (SSSR count). The largest absolute Gasteiger partial charge is 0.369 e. The summed E-state index contributed by atoms with van der Waals surface area (Å²) in [5.74, 6) is 1.01. The molecule has 7 heteroatoms. The van der Waals surface area contributed by atoms with Crippen LogP contribution in [0.25, 0.3) is 0 Å². The zero-order valence-electron chi connectivity index (χ0n) is 10.8. The van der Waals surface area contributed by atoms with Crippen LogP contribution in [-0.4, -0.2) is 36.4 Å². The Kier molecular flexibility index (Phi) is 5.34. The molecular weight excluding hydrogens is 274 g/mol. The highest BCUT2D eigenvalue weighted by atomic mass is 35.5. The van der Waals surface area contributed by atoms with Gasteiger partial charge in [0.2, 0.25) is 0 Å². The Morgan fingerprint density at radius 3 is 2.61 bits per heavy atom. The molecule has 1 aromatic rings. The molecule has 0 spiro atoms. The first kappa shape index (κ1) is 15.2. The molecule has 0 bridgehead atoms. The first-order chi connectivity index (χ1) is 8.37. The van der Waals surface area contributed by atoms with Crippen LogP contribution in [0.2, 0.25) is 5.15 Å². The summed E-state index contributed by atoms with van der Waals surface area (Å²) in [6, 6.07) is 0. The molecule has 0 fully saturated rings. The molecule has 0 aliphatic carbocycles. The number of hydrogen-bond donors (Lipinski definition) is 1. The van der Waals surface area contributed by atoms with E-state index in [1.54, 1.807) is 6.92 Å². The predicted octanol–water partition coefficient (Wildman–Crippen LogP) is 2.10. The van der Waals surface area contributed by atoms with Gasteiger partial charge in [0.25, 0.3) is 0 Å². The Balaban J connectivity index is 2.77. The van der Waals surface area contributed by atoms with E-state index in [-0.39, 0.29) is 17.4 Å². The lowest BCUT2D eigenvalue weighted by Crippen LogP contribution is -2.18. The molecule has 0 atom stereocenters. The second kappa shape index (κ2) is 6.33. The second-order valence-corrected chi connectivity index (χ2v) is 7.08. The molecule has 102 valence electrons. The van der Waals surface area contributed by atoms with Crippen molar-refractivity contribution in [2.24, 2.45) is 0 Å². The molecule has 18 heavy (non-hydrogen) atoms. The Hall–Kier alpha value is -0.880. The molecule has 0 amide bonds. The lowest BCUT2D eigenvalue weighted by atomic mass is 10.1. The summed E-state index contributed by atoms with van der Waals surface area (Å²) < 4.78 is 22.8. The monoisotopic (exact) mass is 291 g/mol. The number of nitrogens with zero attached hydrogens (tertiary/aromatic N) is 2. The minimum absolute atomic E-state index is 0.0860. The van der Waals surface area contributed by atoms with Crippen molar-refractivity contribution in [2.45, 2.75) is 26.7 Å². The van der Waals surface area contributed by atoms with Gasteiger partial charge in [-0.3, -0.25) is 0 Å². The Morgan fingerprint density at radius 1 is 1.39 bits per heavy atom. The number of nitrogens with one attached hydrogen (secondary N) is 1. The normalized spacial score (nSPS) is 11.8. The van der Waals surface area contributed by atoms with Gasteiger partial charge in [-0.2, -0.15) is 0 Å². The van der Waals surface area contributed by atoms with Crippen molar-refractivity contribution in [3.63, 3.8) is 0 Å². The van der Waals surface area contributed by atoms with Crippen molar-refractivity contribution >= 4 is 27.3 Å². The number of hydrogen-bond acceptors (Lipinski definition) is 5. The van der Waals surface area contributed by atoms with Crippen LogP contribution < -0.4 is 5.32 Å². The number of anilines is 1. The van der Waals surface area contributed by atoms with Gasteiger partial charge in [0.05, 0.1) is 5.75 Å². The highest BCUT2D eigenvalue weighted by Gasteiger charge is 2.14. The van der Waals surface area contributed by atoms with E-state index < -0.39 is 9.84 Å². The lowest BCUT2D eigenvalue weighted by Gasteiger charge is -2.14. The summed E-state index contributed by atoms with van der Waals surface area (Å²) in [5.41, 5.74) is 0.813. The molecular formula is C11H18ClN3O2S. The topological polar surface area (TPSA) is 72.0 Å². The van der Waals surface area contributed by atoms with Gasteiger partial charge in [-0.25, -0.2) is 18.4 Å². The highest BCUT2D eigenvalue weighted by molar-refractivity contribution is 7.91. The van der Waals surface area contributed by atoms with Gasteiger partial charge in [-0.1, -0.05) is 32.4 Å². The minimum atomic E-state index is -2.97. The predicted molar refractivity (Wildman–Crippen MR) is 73.9 cm³/mol. The average Bonchev–Trinajstić information content (AvgIpc) is 2.28. The number of sulfone groups is 1. The van der Waals surface area contributed by atoms with Crippen LogP contribution in [0.3, 0.4) is 0 Å². The van der Waals surface area contributed by atoms with Crippen LogP contribution in [0.5, 0.6) is 0 Å². The lowest BCUT2D eigenvalue weighted by molar-refractivity contribution is 0.597. The summed E-state index contributed by atoms with van der Waals surface area (Å²) in [5, 5.41) is 3.41. The smallest absolute Gasteiger partial charge is 0.151 e. The fraction of sp³-hybridized carbons (Fsp3) is 0.636. The number of aromatic nitrogens is 2. The standard InChI is InChI=1S/C11H18ClN3O2S/c1-4-18(16,17)6-5-13-11-9(8(2)3)10(12)14-7-15-11/h7-8H,4-6H2,1-3H3,(H,13,14,15). The van der Waals surface area contributed by atoms with Crippen LogP contribution in [-0.2, 0) is 9.84 Å². The van der Waals surface area contributed by atoms with Gasteiger partial charge >= 0.3 is 0 Å². The van der Waals surface area contributed by atoms with E-state index in [1.807, 2.05) is 13.8 Å². The Labute approximate surface area is 113 Å². The molecule has 5 nitrogen and oxygen atoms in total. The summed E-state index contributed by atoms with van der Waals surface area (Å²) in [6.07, 6.45) is 1.37. The van der Waals surface area contributed by atoms with Crippen LogP contribution in [0.1, 0.15) is 32.3 Å². The fourth-order valence-electron chi connectivity index (χ4n) is 1.50. The third-order valence-corrected chi connectivity index (χ3v) is 4.56. The zero-order valence-corrected chi connectivity index (χ0v) is 12.3. The van der Waals surface area contributed by atoms with Crippen molar-refractivity contribution in [2.75, 3.05) is 23.4 Å². The third-order valence-electron chi connectivity index (χ3n) is 2.56. The maximum Gasteiger partial charge on any atom is 0.151 e. The number of halogens is 1. The Morgan fingerprint density at radius 2 is 2.06 bits per heavy atom. The fourth-order valence-corrected chi connectivity index (χ4v) is 2.55. The van der Waals surface area contributed by atoms with E-state index in [2.05, 4.69) is 15.3 Å². The van der Waals surface area contributed by atoms with Crippen LogP contribution in [0.15, 0.2) is 6.33 Å². The van der Waals surface area contributed by atoms with E-state index in [9.17, 15) is 8.42 Å². The molecule has 0 saturated carbocycles. The maximum absolute atomic E-state index is 11.4. The molecule has 0 aromatic carbocycles. The van der Waals surface area contributed by atoms with Crippen LogP contribution >= 0.6 is 11.6 Å². The van der Waals surface area contributed by atoms with Gasteiger partial charge in [-0.05, 0) is 5.92 Å². The van der Waals surface area contributed by atoms with Gasteiger partial charge < -0.3 is 5.32 Å². The van der Waals surface area contributed by atoms with Crippen molar-refractivity contribution in [3.05, 3.63) is 17.0 Å². The SMILES string of the molecule is CCS(=O)(=O)CCNc1ncnc(Cl)c1C(C)C. The molecule has 0 saturated heterocycles. The van der Waals surface area contributed by atoms with Gasteiger partial charge in [0, 0.05) is 17.9 Å². The van der Waals surface area contributed by atoms with Gasteiger partial charge in [0.15, 0.2) is 9.84 Å². The van der Waals surface area contributed by atoms with Crippen LogP contribution in [0.4, 0.5) is 5.82 Å². The van der Waals surface area contributed by atoms with Crippen molar-refractivity contribution in [3.8, 4) is 0 Å². The summed E-state index contributed by atoms with van der Waals surface area (Å²) in [4.78, 5) is 8.03. The first-order valence-electron chi connectivity index (χ1n) is 5.82. The Bertz CT molecular complexity index is 503. The molecule has 0 aliphatic heterocycles. The van der Waals surface area contributed by atoms with Crippen molar-refractivity contribution in [1.82, 2.24) is 9.97 Å². The number of rotatable bonds is 6. The molecule has 1 heterocycles. The minimum Gasteiger partial charge on any atom is -0.369 e. The quantitative estimate of drug-likeness (QED) is 0.813. The highest BCUT2D eigenvalue weighted by Crippen LogP contribution is 2.27. The second-order valence-electron chi connectivity index (χ2n) is 4.24. The van der Waals surface area contributed by atoms with E-state index >= 15 is 0 Å².